The fraction of sp³-hybridized carbons (Fsp3) is 0.610. The standard InChI is InChI=1S/C41H52F3N7O8S2/c1-23(2)51-28-16-12-14-26(33-46-30(22-60-33)41(42,43)44)31(28)47-36(51)58-25-19-29-32(52)48-40(35(54)49-61(56,57)39(6)17-18-39)20-24(40)13-10-8-7-9-11-15-27(34(53)50(29)21-25)45-37(55)59-38(3,4)5/h10,12-14,16,22-25,27,29H,7-9,11,15,17-21H2,1-6H3,(H,45,55)(H,48,52)(H,49,54). The second kappa shape index (κ2) is 16.2. The number of hydrogen-bond donors (Lipinski definition) is 3. The summed E-state index contributed by atoms with van der Waals surface area (Å²) in [5.41, 5.74) is -2.22. The molecule has 3 aromatic rings. The minimum absolute atomic E-state index is 0.0825. The van der Waals surface area contributed by atoms with E-state index >= 15 is 0 Å². The molecule has 5 unspecified atom stereocenters. The largest absolute Gasteiger partial charge is 0.459 e. The molecule has 20 heteroatoms. The van der Waals surface area contributed by atoms with E-state index in [0.717, 1.165) is 23.1 Å². The first-order chi connectivity index (χ1) is 28.5. The molecule has 1 saturated heterocycles. The van der Waals surface area contributed by atoms with Crippen molar-refractivity contribution >= 4 is 56.2 Å². The predicted molar refractivity (Wildman–Crippen MR) is 220 cm³/mol. The minimum Gasteiger partial charge on any atom is -0.459 e. The van der Waals surface area contributed by atoms with Gasteiger partial charge in [-0.3, -0.25) is 23.7 Å². The van der Waals surface area contributed by atoms with Crippen molar-refractivity contribution in [3.63, 3.8) is 0 Å². The van der Waals surface area contributed by atoms with Crippen LogP contribution >= 0.6 is 11.3 Å². The number of alkyl carbamates (subject to hydrolysis) is 1. The molecule has 4 amide bonds. The SMILES string of the molecule is CC(C)n1c(OC2CC3C(=O)NC4(C(=O)NS(=O)(=O)C5(C)CC5)CC4C=CCCCCCC(NC(=O)OC(C)(C)C)C(=O)N3C2)nc2c(-c3nc(C(F)(F)F)cs3)cccc21. The van der Waals surface area contributed by atoms with Crippen LogP contribution in [0.3, 0.4) is 0 Å². The Kier molecular flexibility index (Phi) is 11.8. The summed E-state index contributed by atoms with van der Waals surface area (Å²) in [6.07, 6.45) is 1.14. The van der Waals surface area contributed by atoms with Gasteiger partial charge in [0.25, 0.3) is 11.9 Å². The van der Waals surface area contributed by atoms with Crippen LogP contribution in [0.15, 0.2) is 35.7 Å². The fourth-order valence-corrected chi connectivity index (χ4v) is 10.1. The minimum atomic E-state index is -4.63. The van der Waals surface area contributed by atoms with Crippen molar-refractivity contribution in [2.75, 3.05) is 6.54 Å². The third-order valence-electron chi connectivity index (χ3n) is 11.7. The fourth-order valence-electron chi connectivity index (χ4n) is 7.92. The quantitative estimate of drug-likeness (QED) is 0.214. The lowest BCUT2D eigenvalue weighted by Gasteiger charge is -2.30. The van der Waals surface area contributed by atoms with Crippen LogP contribution in [-0.4, -0.2) is 92.3 Å². The van der Waals surface area contributed by atoms with Crippen LogP contribution in [0.1, 0.15) is 111 Å². The first-order valence-corrected chi connectivity index (χ1v) is 22.9. The van der Waals surface area contributed by atoms with Crippen LogP contribution < -0.4 is 20.1 Å². The number of para-hydroxylation sites is 1. The normalized spacial score (nSPS) is 25.8. The number of alkyl halides is 3. The number of nitrogens with one attached hydrogen (secondary N) is 3. The lowest BCUT2D eigenvalue weighted by molar-refractivity contribution is -0.141. The van der Waals surface area contributed by atoms with Crippen molar-refractivity contribution in [3.8, 4) is 16.6 Å². The summed E-state index contributed by atoms with van der Waals surface area (Å²) < 4.78 is 82.0. The van der Waals surface area contributed by atoms with Gasteiger partial charge in [0.2, 0.25) is 21.8 Å². The number of ether oxygens (including phenoxy) is 2. The predicted octanol–water partition coefficient (Wildman–Crippen LogP) is 6.39. The Labute approximate surface area is 356 Å². The number of benzene rings is 1. The summed E-state index contributed by atoms with van der Waals surface area (Å²) in [7, 11) is -4.05. The monoisotopic (exact) mass is 891 g/mol. The summed E-state index contributed by atoms with van der Waals surface area (Å²) in [5.74, 6) is -2.65. The molecular weight excluding hydrogens is 840 g/mol. The maximum atomic E-state index is 14.7. The maximum Gasteiger partial charge on any atom is 0.434 e. The van der Waals surface area contributed by atoms with Crippen molar-refractivity contribution < 1.29 is 50.2 Å². The number of aromatic nitrogens is 3. The van der Waals surface area contributed by atoms with Gasteiger partial charge in [-0.15, -0.1) is 11.3 Å². The van der Waals surface area contributed by atoms with Crippen molar-refractivity contribution in [2.45, 2.75) is 146 Å². The van der Waals surface area contributed by atoms with Gasteiger partial charge in [0.05, 0.1) is 16.8 Å². The molecule has 3 N–H and O–H groups in total. The smallest absolute Gasteiger partial charge is 0.434 e. The second-order valence-corrected chi connectivity index (χ2v) is 21.0. The zero-order chi connectivity index (χ0) is 44.3. The number of carbonyl (C=O) groups is 4. The molecule has 61 heavy (non-hydrogen) atoms. The van der Waals surface area contributed by atoms with Crippen LogP contribution in [0.25, 0.3) is 21.6 Å². The number of nitrogens with zero attached hydrogens (tertiary/aromatic N) is 4. The van der Waals surface area contributed by atoms with Crippen molar-refractivity contribution in [1.29, 1.82) is 0 Å². The van der Waals surface area contributed by atoms with Gasteiger partial charge in [-0.25, -0.2) is 18.2 Å². The highest BCUT2D eigenvalue weighted by molar-refractivity contribution is 7.91. The lowest BCUT2D eigenvalue weighted by atomic mass is 10.0. The number of amides is 4. The summed E-state index contributed by atoms with van der Waals surface area (Å²) in [5, 5.41) is 6.61. The van der Waals surface area contributed by atoms with Crippen molar-refractivity contribution in [3.05, 3.63) is 41.4 Å². The van der Waals surface area contributed by atoms with Gasteiger partial charge < -0.3 is 25.0 Å². The second-order valence-electron chi connectivity index (χ2n) is 18.0. The Morgan fingerprint density at radius 2 is 1.82 bits per heavy atom. The summed E-state index contributed by atoms with van der Waals surface area (Å²) in [4.78, 5) is 66.2. The molecular formula is C41H52F3N7O8S2. The van der Waals surface area contributed by atoms with Gasteiger partial charge >= 0.3 is 12.3 Å². The van der Waals surface area contributed by atoms with Gasteiger partial charge in [0, 0.05) is 29.3 Å². The van der Waals surface area contributed by atoms with Crippen molar-refractivity contribution in [1.82, 2.24) is 34.8 Å². The van der Waals surface area contributed by atoms with E-state index in [1.807, 2.05) is 26.0 Å². The molecule has 1 aromatic carbocycles. The molecule has 0 radical (unpaired) electrons. The average molecular weight is 892 g/mol. The first-order valence-electron chi connectivity index (χ1n) is 20.6. The molecule has 3 fully saturated rings. The number of hydrogen-bond acceptors (Lipinski definition) is 11. The van der Waals surface area contributed by atoms with Gasteiger partial charge in [-0.2, -0.15) is 18.2 Å². The molecule has 2 aromatic heterocycles. The van der Waals surface area contributed by atoms with E-state index in [1.165, 1.54) is 4.90 Å². The maximum absolute atomic E-state index is 14.7. The Hall–Kier alpha value is -4.72. The van der Waals surface area contributed by atoms with Gasteiger partial charge in [-0.05, 0) is 92.2 Å². The van der Waals surface area contributed by atoms with E-state index in [0.29, 0.717) is 48.7 Å². The molecule has 2 aliphatic carbocycles. The van der Waals surface area contributed by atoms with Crippen LogP contribution in [-0.2, 0) is 35.3 Å². The summed E-state index contributed by atoms with van der Waals surface area (Å²) in [6.45, 7) is 10.2. The highest BCUT2D eigenvalue weighted by atomic mass is 32.2. The molecule has 332 valence electrons. The number of carbonyl (C=O) groups excluding carboxylic acids is 4. The van der Waals surface area contributed by atoms with E-state index in [-0.39, 0.29) is 42.9 Å². The summed E-state index contributed by atoms with van der Waals surface area (Å²) in [6, 6.07) is 2.57. The Morgan fingerprint density at radius 3 is 2.48 bits per heavy atom. The number of rotatable bonds is 8. The van der Waals surface area contributed by atoms with Gasteiger partial charge in [-0.1, -0.05) is 31.1 Å². The number of fused-ring (bicyclic) bond motifs is 3. The van der Waals surface area contributed by atoms with E-state index in [1.54, 1.807) is 50.5 Å². The van der Waals surface area contributed by atoms with E-state index in [2.05, 4.69) is 20.3 Å². The molecule has 4 heterocycles. The topological polar surface area (TPSA) is 191 Å². The number of imidazole rings is 1. The molecule has 5 atom stereocenters. The van der Waals surface area contributed by atoms with Gasteiger partial charge in [0.15, 0.2) is 5.69 Å². The molecule has 0 bridgehead atoms. The zero-order valence-corrected chi connectivity index (χ0v) is 36.6. The molecule has 0 spiro atoms. The average Bonchev–Trinajstić information content (AvgIpc) is 3.81. The van der Waals surface area contributed by atoms with E-state index in [4.69, 9.17) is 14.5 Å². The lowest BCUT2D eigenvalue weighted by Crippen LogP contribution is -2.58. The highest BCUT2D eigenvalue weighted by Gasteiger charge is 2.63. The zero-order valence-electron chi connectivity index (χ0n) is 34.9. The Morgan fingerprint density at radius 1 is 1.08 bits per heavy atom. The molecule has 4 aliphatic rings. The van der Waals surface area contributed by atoms with Crippen LogP contribution in [0, 0.1) is 5.92 Å². The van der Waals surface area contributed by atoms with Crippen LogP contribution in [0.4, 0.5) is 18.0 Å². The first kappa shape index (κ1) is 44.3. The van der Waals surface area contributed by atoms with Crippen molar-refractivity contribution in [2.24, 2.45) is 5.92 Å². The van der Waals surface area contributed by atoms with Crippen LogP contribution in [0.2, 0.25) is 0 Å². The molecule has 15 nitrogen and oxygen atoms in total. The van der Waals surface area contributed by atoms with Crippen LogP contribution in [0.5, 0.6) is 6.01 Å². The summed E-state index contributed by atoms with van der Waals surface area (Å²) >= 11 is 0.833. The van der Waals surface area contributed by atoms with Gasteiger partial charge in [0.1, 0.15) is 39.9 Å². The molecule has 2 aliphatic heterocycles. The van der Waals surface area contributed by atoms with E-state index < -0.39 is 85.7 Å². The molecule has 7 rings (SSSR count). The number of sulfonamides is 1. The number of allylic oxidation sites excluding steroid dienone is 1. The third kappa shape index (κ3) is 9.25. The molecule has 2 saturated carbocycles. The highest BCUT2D eigenvalue weighted by Crippen LogP contribution is 2.48. The third-order valence-corrected chi connectivity index (χ3v) is 14.7. The number of halogens is 3. The Bertz CT molecular complexity index is 2350. The number of thiazole rings is 1. The Balaban J connectivity index is 1.23. The van der Waals surface area contributed by atoms with E-state index in [9.17, 15) is 40.8 Å².